The Labute approximate surface area is 243 Å². The molecule has 3 aliphatic heterocycles. The van der Waals surface area contributed by atoms with Crippen LogP contribution in [0.25, 0.3) is 0 Å². The van der Waals surface area contributed by atoms with Crippen molar-refractivity contribution in [2.75, 3.05) is 27.9 Å². The number of methoxy groups -OCH3 is 2. The number of hydrogen-bond acceptors (Lipinski definition) is 12. The number of rotatable bonds is 5. The Morgan fingerprint density at radius 1 is 1.05 bits per heavy atom. The minimum Gasteiger partial charge on any atom is -0.507 e. The molecular weight excluding hydrogens is 548 g/mol. The highest BCUT2D eigenvalue weighted by atomic mass is 16.5. The lowest BCUT2D eigenvalue weighted by Crippen LogP contribution is -2.71. The normalized spacial score (nSPS) is 29.7. The minimum atomic E-state index is -1.46. The predicted molar refractivity (Wildman–Crippen MR) is 147 cm³/mol. The van der Waals surface area contributed by atoms with E-state index in [2.05, 4.69) is 0 Å². The summed E-state index contributed by atoms with van der Waals surface area (Å²) in [5.74, 6) is -2.26. The van der Waals surface area contributed by atoms with Gasteiger partial charge in [-0.15, -0.1) is 0 Å². The van der Waals surface area contributed by atoms with Crippen LogP contribution in [0.2, 0.25) is 0 Å². The Hall–Kier alpha value is -3.71. The van der Waals surface area contributed by atoms with E-state index in [0.717, 1.165) is 0 Å². The van der Waals surface area contributed by atoms with E-state index in [0.29, 0.717) is 5.57 Å². The fourth-order valence-corrected chi connectivity index (χ4v) is 7.10. The van der Waals surface area contributed by atoms with Gasteiger partial charge in [0.05, 0.1) is 32.3 Å². The van der Waals surface area contributed by atoms with Gasteiger partial charge in [0.1, 0.15) is 24.7 Å². The van der Waals surface area contributed by atoms with Gasteiger partial charge in [-0.3, -0.25) is 19.4 Å². The van der Waals surface area contributed by atoms with Gasteiger partial charge >= 0.3 is 5.97 Å². The SMILES string of the molecule is C/C=C(/C)C(=O)OC[C@H]1C2=C(C[C@H]3[C@H]4c5c(O)c(OC)c(C)c(O)c5[C@@H](O)[C@@H]([C@H](O)N13)N4C)C(=O)C(C)=C(OC)C2=O. The third kappa shape index (κ3) is 3.93. The Kier molecular flexibility index (Phi) is 7.46. The maximum atomic E-state index is 13.8. The number of fused-ring (bicyclic) bond motifs is 6. The van der Waals surface area contributed by atoms with Crippen LogP contribution in [-0.2, 0) is 23.9 Å². The van der Waals surface area contributed by atoms with Gasteiger partial charge in [0.15, 0.2) is 23.0 Å². The van der Waals surface area contributed by atoms with Crippen LogP contribution in [0.4, 0.5) is 0 Å². The predicted octanol–water partition coefficient (Wildman–Crippen LogP) is 1.46. The summed E-state index contributed by atoms with van der Waals surface area (Å²) in [7, 11) is 4.31. The van der Waals surface area contributed by atoms with Gasteiger partial charge in [0, 0.05) is 45.0 Å². The number of nitrogens with zero attached hydrogens (tertiary/aromatic N) is 2. The zero-order valence-corrected chi connectivity index (χ0v) is 24.6. The van der Waals surface area contributed by atoms with Crippen LogP contribution in [0, 0.1) is 6.92 Å². The van der Waals surface area contributed by atoms with Gasteiger partial charge in [0.25, 0.3) is 0 Å². The molecule has 4 aliphatic rings. The number of piperazine rings is 1. The van der Waals surface area contributed by atoms with Crippen molar-refractivity contribution in [1.82, 2.24) is 9.80 Å². The summed E-state index contributed by atoms with van der Waals surface area (Å²) in [6, 6.07) is -3.66. The van der Waals surface area contributed by atoms with Gasteiger partial charge in [0.2, 0.25) is 5.78 Å². The number of carbonyl (C=O) groups is 3. The molecule has 1 aromatic rings. The number of allylic oxidation sites excluding steroid dienone is 3. The number of carbonyl (C=O) groups excluding carboxylic acids is 3. The lowest BCUT2D eigenvalue weighted by molar-refractivity contribution is -0.199. The number of aliphatic hydroxyl groups excluding tert-OH is 2. The first kappa shape index (κ1) is 29.8. The van der Waals surface area contributed by atoms with Crippen molar-refractivity contribution in [1.29, 1.82) is 0 Å². The van der Waals surface area contributed by atoms with E-state index in [1.165, 1.54) is 21.1 Å². The average molecular weight is 585 g/mol. The summed E-state index contributed by atoms with van der Waals surface area (Å²) in [6.45, 7) is 5.92. The number of phenolic OH excluding ortho intramolecular Hbond substituents is 2. The van der Waals surface area contributed by atoms with Gasteiger partial charge in [-0.2, -0.15) is 0 Å². The Morgan fingerprint density at radius 3 is 2.31 bits per heavy atom. The van der Waals surface area contributed by atoms with Crippen LogP contribution in [0.15, 0.2) is 34.1 Å². The highest BCUT2D eigenvalue weighted by Crippen LogP contribution is 2.58. The molecule has 1 fully saturated rings. The van der Waals surface area contributed by atoms with Crippen molar-refractivity contribution >= 4 is 17.5 Å². The van der Waals surface area contributed by atoms with E-state index in [-0.39, 0.29) is 69.4 Å². The number of aliphatic hydroxyl groups is 2. The molecule has 0 spiro atoms. The smallest absolute Gasteiger partial charge is 0.333 e. The van der Waals surface area contributed by atoms with Crippen molar-refractivity contribution < 1.29 is 49.0 Å². The van der Waals surface area contributed by atoms with Crippen molar-refractivity contribution in [2.45, 2.75) is 70.6 Å². The molecule has 0 radical (unpaired) electrons. The highest BCUT2D eigenvalue weighted by molar-refractivity contribution is 6.25. The molecule has 3 heterocycles. The first-order chi connectivity index (χ1) is 19.8. The largest absolute Gasteiger partial charge is 0.507 e. The highest BCUT2D eigenvalue weighted by Gasteiger charge is 2.60. The van der Waals surface area contributed by atoms with E-state index in [9.17, 15) is 34.8 Å². The first-order valence-corrected chi connectivity index (χ1v) is 13.7. The van der Waals surface area contributed by atoms with Gasteiger partial charge in [-0.25, -0.2) is 4.79 Å². The van der Waals surface area contributed by atoms with Crippen LogP contribution < -0.4 is 4.74 Å². The Bertz CT molecular complexity index is 1490. The zero-order chi connectivity index (χ0) is 30.9. The molecule has 1 saturated heterocycles. The number of benzene rings is 1. The molecule has 1 aromatic carbocycles. The third-order valence-electron chi connectivity index (χ3n) is 9.27. The molecule has 42 heavy (non-hydrogen) atoms. The fraction of sp³-hybridized carbons (Fsp3) is 0.500. The summed E-state index contributed by atoms with van der Waals surface area (Å²) < 4.78 is 16.3. The van der Waals surface area contributed by atoms with Crippen LogP contribution in [0.3, 0.4) is 0 Å². The van der Waals surface area contributed by atoms with Crippen LogP contribution in [-0.4, -0.2) is 100.0 Å². The van der Waals surface area contributed by atoms with Crippen LogP contribution >= 0.6 is 0 Å². The van der Waals surface area contributed by atoms with Crippen LogP contribution in [0.5, 0.6) is 17.2 Å². The molecule has 5 rings (SSSR count). The summed E-state index contributed by atoms with van der Waals surface area (Å²) in [4.78, 5) is 43.4. The second kappa shape index (κ2) is 10.5. The average Bonchev–Trinajstić information content (AvgIpc) is 2.96. The second-order valence-electron chi connectivity index (χ2n) is 11.2. The minimum absolute atomic E-state index is 0.0166. The molecule has 226 valence electrons. The van der Waals surface area contributed by atoms with Gasteiger partial charge in [-0.05, 0) is 41.2 Å². The summed E-state index contributed by atoms with van der Waals surface area (Å²) in [5, 5.41) is 46.0. The number of esters is 1. The van der Waals surface area contributed by atoms with Crippen molar-refractivity contribution in [3.8, 4) is 17.2 Å². The monoisotopic (exact) mass is 584 g/mol. The molecule has 4 N–H and O–H groups in total. The molecule has 12 heteroatoms. The molecular formula is C30H36N2O10. The number of likely N-dealkylation sites (N-methyl/N-ethyl adjacent to an activating group) is 1. The Morgan fingerprint density at radius 2 is 1.71 bits per heavy atom. The molecule has 0 unspecified atom stereocenters. The summed E-state index contributed by atoms with van der Waals surface area (Å²) in [5.41, 5.74) is 1.18. The molecule has 1 aliphatic carbocycles. The van der Waals surface area contributed by atoms with E-state index >= 15 is 0 Å². The quantitative estimate of drug-likeness (QED) is 0.171. The maximum absolute atomic E-state index is 13.8. The van der Waals surface area contributed by atoms with E-state index in [4.69, 9.17) is 14.2 Å². The number of aromatic hydroxyl groups is 2. The fourth-order valence-electron chi connectivity index (χ4n) is 7.10. The number of ketones is 2. The van der Waals surface area contributed by atoms with E-state index in [1.807, 2.05) is 0 Å². The van der Waals surface area contributed by atoms with Gasteiger partial charge < -0.3 is 34.6 Å². The van der Waals surface area contributed by atoms with E-state index < -0.39 is 54.0 Å². The standard InChI is InChI=1S/C30H36N2O10/c1-8-11(2)30(39)42-10-16-17-14(22(33)12(3)27(40-6)25(17)36)9-15-20-18-19(23(34)13(4)28(41-7)26(18)37)24(35)21(31(20)5)29(38)32(15)16/h8,15-16,20-21,24,29,34-35,37-38H,9-10H2,1-7H3/b11-8-/t15-,16-,20-,21-,24+,29-/m0/s1. The molecule has 6 atom stereocenters. The summed E-state index contributed by atoms with van der Waals surface area (Å²) >= 11 is 0. The molecule has 0 saturated carbocycles. The number of ether oxygens (including phenoxy) is 3. The van der Waals surface area contributed by atoms with Crippen molar-refractivity contribution in [3.05, 3.63) is 50.8 Å². The van der Waals surface area contributed by atoms with E-state index in [1.54, 1.807) is 43.7 Å². The number of hydrogen-bond donors (Lipinski definition) is 4. The van der Waals surface area contributed by atoms with Crippen molar-refractivity contribution in [2.24, 2.45) is 0 Å². The molecule has 2 bridgehead atoms. The second-order valence-corrected chi connectivity index (χ2v) is 11.2. The van der Waals surface area contributed by atoms with Crippen LogP contribution in [0.1, 0.15) is 56.0 Å². The molecule has 12 nitrogen and oxygen atoms in total. The molecule has 0 amide bonds. The zero-order valence-electron chi connectivity index (χ0n) is 24.6. The third-order valence-corrected chi connectivity index (χ3v) is 9.27. The maximum Gasteiger partial charge on any atom is 0.333 e. The van der Waals surface area contributed by atoms with Gasteiger partial charge in [-0.1, -0.05) is 6.08 Å². The topological polar surface area (TPSA) is 166 Å². The van der Waals surface area contributed by atoms with Crippen molar-refractivity contribution in [3.63, 3.8) is 0 Å². The molecule has 0 aromatic heterocycles. The lowest BCUT2D eigenvalue weighted by atomic mass is 9.70. The summed E-state index contributed by atoms with van der Waals surface area (Å²) in [6.07, 6.45) is -1.34. The number of phenols is 2. The Balaban J connectivity index is 1.74. The lowest BCUT2D eigenvalue weighted by Gasteiger charge is -2.61. The first-order valence-electron chi connectivity index (χ1n) is 13.7. The number of Topliss-reactive ketones (excluding diaryl/α,β-unsaturated/α-hetero) is 2.